The Balaban J connectivity index is 1.54. The van der Waals surface area contributed by atoms with Crippen molar-refractivity contribution >= 4 is 23.8 Å². The van der Waals surface area contributed by atoms with Gasteiger partial charge in [-0.2, -0.15) is 0 Å². The highest BCUT2D eigenvalue weighted by molar-refractivity contribution is 5.81. The number of pyridine rings is 2. The second kappa shape index (κ2) is 10.4. The smallest absolute Gasteiger partial charge is 0.118 e. The van der Waals surface area contributed by atoms with Gasteiger partial charge in [0.15, 0.2) is 0 Å². The van der Waals surface area contributed by atoms with E-state index in [-0.39, 0.29) is 0 Å². The Morgan fingerprint density at radius 2 is 1.15 bits per heavy atom. The van der Waals surface area contributed by atoms with Crippen LogP contribution in [0.2, 0.25) is 0 Å². The highest BCUT2D eigenvalue weighted by Crippen LogP contribution is 2.23. The summed E-state index contributed by atoms with van der Waals surface area (Å²) < 4.78 is 10.5. The zero-order valence-corrected chi connectivity index (χ0v) is 19.0. The van der Waals surface area contributed by atoms with Crippen molar-refractivity contribution in [3.63, 3.8) is 0 Å². The third-order valence-electron chi connectivity index (χ3n) is 5.34. The number of aromatic nitrogens is 2. The Bertz CT molecular complexity index is 1270. The number of benzene rings is 2. The van der Waals surface area contributed by atoms with Crippen LogP contribution in [0.1, 0.15) is 29.2 Å². The van der Waals surface area contributed by atoms with Gasteiger partial charge in [-0.3, -0.25) is 9.97 Å². The van der Waals surface area contributed by atoms with E-state index in [9.17, 15) is 0 Å². The number of hydrogen-bond acceptors (Lipinski definition) is 4. The fraction of sp³-hybridized carbons (Fsp3) is 0.103. The third-order valence-corrected chi connectivity index (χ3v) is 5.34. The minimum Gasteiger partial charge on any atom is -0.497 e. The van der Waals surface area contributed by atoms with Crippen LogP contribution in [-0.2, 0) is 0 Å². The zero-order chi connectivity index (χ0) is 23.0. The molecule has 4 aromatic rings. The van der Waals surface area contributed by atoms with Gasteiger partial charge in [-0.1, -0.05) is 42.5 Å². The lowest BCUT2D eigenvalue weighted by Crippen LogP contribution is -1.89. The summed E-state index contributed by atoms with van der Waals surface area (Å²) >= 11 is 0. The SMILES string of the molecule is COc1ccc(/C=C/c2ccnc(-c3cc(/C=C(\C)c4ccc(OC)cc4)ccn3)c2)cc1. The molecule has 0 aliphatic carbocycles. The van der Waals surface area contributed by atoms with Gasteiger partial charge >= 0.3 is 0 Å². The molecule has 4 heteroatoms. The standard InChI is InChI=1S/C29H26N2O2/c1-21(25-8-12-27(33-3)13-9-25)18-24-15-17-31-29(20-24)28-19-23(14-16-30-28)5-4-22-6-10-26(32-2)11-7-22/h4-20H,1-3H3/b5-4+,21-18+. The van der Waals surface area contributed by atoms with Crippen LogP contribution in [0.15, 0.2) is 85.2 Å². The van der Waals surface area contributed by atoms with E-state index in [1.165, 1.54) is 5.57 Å². The molecule has 2 aromatic heterocycles. The largest absolute Gasteiger partial charge is 0.497 e. The van der Waals surface area contributed by atoms with Crippen molar-refractivity contribution in [2.24, 2.45) is 0 Å². The molecular formula is C29H26N2O2. The Kier molecular flexibility index (Phi) is 6.96. The normalized spacial score (nSPS) is 11.5. The van der Waals surface area contributed by atoms with E-state index < -0.39 is 0 Å². The summed E-state index contributed by atoms with van der Waals surface area (Å²) in [6.07, 6.45) is 9.94. The van der Waals surface area contributed by atoms with Crippen molar-refractivity contribution in [3.8, 4) is 22.9 Å². The van der Waals surface area contributed by atoms with Crippen LogP contribution in [0, 0.1) is 0 Å². The van der Waals surface area contributed by atoms with E-state index in [1.807, 2.05) is 67.0 Å². The highest BCUT2D eigenvalue weighted by atomic mass is 16.5. The van der Waals surface area contributed by atoms with Gasteiger partial charge in [-0.15, -0.1) is 0 Å². The fourth-order valence-electron chi connectivity index (χ4n) is 3.46. The van der Waals surface area contributed by atoms with Crippen molar-refractivity contribution in [1.82, 2.24) is 9.97 Å². The molecule has 4 nitrogen and oxygen atoms in total. The van der Waals surface area contributed by atoms with E-state index in [0.29, 0.717) is 0 Å². The van der Waals surface area contributed by atoms with Crippen molar-refractivity contribution in [2.75, 3.05) is 14.2 Å². The summed E-state index contributed by atoms with van der Waals surface area (Å²) in [6.45, 7) is 2.10. The molecule has 0 spiro atoms. The minimum absolute atomic E-state index is 0.837. The highest BCUT2D eigenvalue weighted by Gasteiger charge is 2.04. The first kappa shape index (κ1) is 22.0. The second-order valence-corrected chi connectivity index (χ2v) is 7.61. The van der Waals surface area contributed by atoms with Gasteiger partial charge in [-0.05, 0) is 83.3 Å². The summed E-state index contributed by atoms with van der Waals surface area (Å²) in [5.74, 6) is 1.70. The molecule has 0 unspecified atom stereocenters. The Hall–Kier alpha value is -4.18. The number of allylic oxidation sites excluding steroid dienone is 1. The molecule has 4 rings (SSSR count). The predicted octanol–water partition coefficient (Wildman–Crippen LogP) is 6.89. The summed E-state index contributed by atoms with van der Waals surface area (Å²) in [6, 6.07) is 24.1. The molecule has 0 saturated carbocycles. The van der Waals surface area contributed by atoms with Crippen molar-refractivity contribution in [1.29, 1.82) is 0 Å². The van der Waals surface area contributed by atoms with Crippen LogP contribution in [0.5, 0.6) is 11.5 Å². The maximum atomic E-state index is 5.25. The Labute approximate surface area is 194 Å². The average Bonchev–Trinajstić information content (AvgIpc) is 2.88. The van der Waals surface area contributed by atoms with Gasteiger partial charge < -0.3 is 9.47 Å². The van der Waals surface area contributed by atoms with Gasteiger partial charge in [0.05, 0.1) is 25.6 Å². The molecule has 2 heterocycles. The van der Waals surface area contributed by atoms with Gasteiger partial charge in [-0.25, -0.2) is 0 Å². The van der Waals surface area contributed by atoms with Crippen LogP contribution < -0.4 is 9.47 Å². The van der Waals surface area contributed by atoms with E-state index in [1.54, 1.807) is 14.2 Å². The molecule has 0 N–H and O–H groups in total. The number of methoxy groups -OCH3 is 2. The molecule has 164 valence electrons. The molecule has 0 saturated heterocycles. The first-order chi connectivity index (χ1) is 16.1. The van der Waals surface area contributed by atoms with E-state index in [0.717, 1.165) is 45.1 Å². The fourth-order valence-corrected chi connectivity index (χ4v) is 3.46. The van der Waals surface area contributed by atoms with Crippen LogP contribution in [0.3, 0.4) is 0 Å². The molecule has 0 amide bonds. The maximum absolute atomic E-state index is 5.25. The monoisotopic (exact) mass is 434 g/mol. The van der Waals surface area contributed by atoms with E-state index in [4.69, 9.17) is 9.47 Å². The number of hydrogen-bond donors (Lipinski definition) is 0. The maximum Gasteiger partial charge on any atom is 0.118 e. The third kappa shape index (κ3) is 5.74. The van der Waals surface area contributed by atoms with Crippen molar-refractivity contribution < 1.29 is 9.47 Å². The molecule has 0 atom stereocenters. The van der Waals surface area contributed by atoms with Crippen LogP contribution in [0.4, 0.5) is 0 Å². The summed E-state index contributed by atoms with van der Waals surface area (Å²) in [4.78, 5) is 9.08. The molecule has 33 heavy (non-hydrogen) atoms. The van der Waals surface area contributed by atoms with Gasteiger partial charge in [0.2, 0.25) is 0 Å². The minimum atomic E-state index is 0.837. The lowest BCUT2D eigenvalue weighted by molar-refractivity contribution is 0.414. The topological polar surface area (TPSA) is 44.2 Å². The average molecular weight is 435 g/mol. The quantitative estimate of drug-likeness (QED) is 0.318. The second-order valence-electron chi connectivity index (χ2n) is 7.61. The lowest BCUT2D eigenvalue weighted by atomic mass is 10.0. The van der Waals surface area contributed by atoms with E-state index in [2.05, 4.69) is 53.3 Å². The molecule has 0 aliphatic heterocycles. The Morgan fingerprint density at radius 1 is 0.636 bits per heavy atom. The number of ether oxygens (including phenoxy) is 2. The van der Waals surface area contributed by atoms with Crippen molar-refractivity contribution in [3.05, 3.63) is 107 Å². The summed E-state index contributed by atoms with van der Waals surface area (Å²) in [7, 11) is 3.34. The van der Waals surface area contributed by atoms with Crippen LogP contribution >= 0.6 is 0 Å². The predicted molar refractivity (Wildman–Crippen MR) is 136 cm³/mol. The first-order valence-electron chi connectivity index (χ1n) is 10.7. The number of nitrogens with zero attached hydrogens (tertiary/aromatic N) is 2. The van der Waals surface area contributed by atoms with Crippen molar-refractivity contribution in [2.45, 2.75) is 6.92 Å². The molecule has 0 aliphatic rings. The molecule has 0 fully saturated rings. The lowest BCUT2D eigenvalue weighted by Gasteiger charge is -2.06. The number of rotatable bonds is 7. The summed E-state index contributed by atoms with van der Waals surface area (Å²) in [5, 5.41) is 0. The molecule has 0 radical (unpaired) electrons. The summed E-state index contributed by atoms with van der Waals surface area (Å²) in [5.41, 5.74) is 7.24. The molecule has 2 aromatic carbocycles. The van der Waals surface area contributed by atoms with Gasteiger partial charge in [0, 0.05) is 12.4 Å². The van der Waals surface area contributed by atoms with E-state index >= 15 is 0 Å². The first-order valence-corrected chi connectivity index (χ1v) is 10.7. The molecular weight excluding hydrogens is 408 g/mol. The zero-order valence-electron chi connectivity index (χ0n) is 19.0. The van der Waals surface area contributed by atoms with Crippen LogP contribution in [0.25, 0.3) is 35.2 Å². The van der Waals surface area contributed by atoms with Gasteiger partial charge in [0.1, 0.15) is 11.5 Å². The van der Waals surface area contributed by atoms with Crippen LogP contribution in [-0.4, -0.2) is 24.2 Å². The Morgan fingerprint density at radius 3 is 1.76 bits per heavy atom. The molecule has 0 bridgehead atoms. The van der Waals surface area contributed by atoms with Gasteiger partial charge in [0.25, 0.3) is 0 Å².